The van der Waals surface area contributed by atoms with Crippen LogP contribution >= 0.6 is 0 Å². The van der Waals surface area contributed by atoms with E-state index in [2.05, 4.69) is 61.4 Å². The summed E-state index contributed by atoms with van der Waals surface area (Å²) in [5.41, 5.74) is 44.4. The number of anilines is 1. The van der Waals surface area contributed by atoms with Crippen LogP contribution < -0.4 is 44.0 Å². The summed E-state index contributed by atoms with van der Waals surface area (Å²) in [6.07, 6.45) is -16.3. The molecule has 28 heteroatoms. The van der Waals surface area contributed by atoms with Crippen molar-refractivity contribution in [1.82, 2.24) is 39.8 Å². The molecule has 5 aliphatic rings. The van der Waals surface area contributed by atoms with E-state index in [4.69, 9.17) is 77.5 Å². The Labute approximate surface area is 471 Å². The lowest BCUT2D eigenvalue weighted by Crippen LogP contribution is -2.68. The lowest BCUT2D eigenvalue weighted by Gasteiger charge is -2.47. The maximum absolute atomic E-state index is 11.9. The molecule has 4 saturated heterocycles. The van der Waals surface area contributed by atoms with E-state index in [1.165, 1.54) is 10.4 Å². The summed E-state index contributed by atoms with van der Waals surface area (Å²) in [5.74, 6) is 2.25. The van der Waals surface area contributed by atoms with Crippen LogP contribution in [0, 0.1) is 0 Å². The molecule has 4 aliphatic heterocycles. The lowest BCUT2D eigenvalue weighted by atomic mass is 9.84. The van der Waals surface area contributed by atoms with E-state index in [1.807, 2.05) is 36.4 Å². The summed E-state index contributed by atoms with van der Waals surface area (Å²) in [6.45, 7) is 4.13. The van der Waals surface area contributed by atoms with Gasteiger partial charge in [-0.15, -0.1) is 5.10 Å². The number of likely N-dealkylation sites (N-methyl/N-ethyl adjacent to an activating group) is 1. The van der Waals surface area contributed by atoms with E-state index in [9.17, 15) is 30.6 Å². The number of ether oxygens (including phenoxy) is 7. The molecule has 3 aromatic heterocycles. The first-order valence-electron chi connectivity index (χ1n) is 28.0. The number of aromatic amines is 2. The number of nitrogens with two attached hydrogens (primary N) is 6. The summed E-state index contributed by atoms with van der Waals surface area (Å²) in [4.78, 5) is 21.5. The molecule has 11 rings (SSSR count). The molecule has 3 aromatic carbocycles. The third-order valence-corrected chi connectivity index (χ3v) is 16.5. The van der Waals surface area contributed by atoms with Crippen molar-refractivity contribution < 1.29 is 63.8 Å². The number of aliphatic hydroxyl groups is 6. The van der Waals surface area contributed by atoms with Gasteiger partial charge in [-0.1, -0.05) is 5.21 Å². The molecule has 1 aliphatic carbocycles. The van der Waals surface area contributed by atoms with E-state index in [-0.39, 0.29) is 26.1 Å². The summed E-state index contributed by atoms with van der Waals surface area (Å²) < 4.78 is 44.4. The second-order valence-electron chi connectivity index (χ2n) is 22.2. The van der Waals surface area contributed by atoms with Crippen molar-refractivity contribution in [3.63, 3.8) is 0 Å². The highest BCUT2D eigenvalue weighted by Gasteiger charge is 2.55. The maximum Gasteiger partial charge on any atom is 0.187 e. The Morgan fingerprint density at radius 1 is 0.610 bits per heavy atom. The normalized spacial score (nSPS) is 34.8. The van der Waals surface area contributed by atoms with Crippen LogP contribution in [-0.4, -0.2) is 240 Å². The number of unbranched alkanes of at least 4 members (excludes halogenated alkanes) is 1. The first-order valence-corrected chi connectivity index (χ1v) is 28.0. The standard InChI is InChI=1S/C54H77N15O13/c1-67-13-15-68(16-14-67)28-8-12-33-35(19-28)64-51(62-33)26-7-11-32-34(18-26)63-50(61-32)25-5-9-29(10-6-25)76-17-3-2-4-27-23-69(66-65-27)24-38-48(81-53-40(60)45(74)43(72)37(22-56)78-53)46(75)54(79-38)82-49-41(70)30(57)20-31(58)47(49)80-52-39(59)44(73)42(71)36(21-55)77-52/h5-12,18-19,23,30-31,36-49,52-54,70-75H,2-4,13-17,20-22,24,55-60H2,1H3,(H,61,63)(H,62,64)/t30-,31?,36?,37+,38-,39?,40?,41?,42-,43-,44-,45?,46?,47-,48+,49-,52+,53-,54+/m1/s1. The van der Waals surface area contributed by atoms with Gasteiger partial charge in [0.2, 0.25) is 0 Å². The Balaban J connectivity index is 0.698. The molecule has 28 nitrogen and oxygen atoms in total. The molecule has 82 heavy (non-hydrogen) atoms. The molecule has 1 saturated carbocycles. The number of fused-ring (bicyclic) bond motifs is 2. The Kier molecular flexibility index (Phi) is 17.8. The van der Waals surface area contributed by atoms with Gasteiger partial charge in [-0.2, -0.15) is 0 Å². The molecular formula is C54H77N15O13. The monoisotopic (exact) mass is 1140 g/mol. The van der Waals surface area contributed by atoms with Crippen molar-refractivity contribution >= 4 is 27.8 Å². The summed E-state index contributed by atoms with van der Waals surface area (Å²) in [7, 11) is 2.16. The first-order chi connectivity index (χ1) is 39.5. The smallest absolute Gasteiger partial charge is 0.187 e. The Morgan fingerprint density at radius 3 is 1.85 bits per heavy atom. The first kappa shape index (κ1) is 58.4. The van der Waals surface area contributed by atoms with Crippen molar-refractivity contribution in [1.29, 1.82) is 0 Å². The fraction of sp³-hybridized carbons (Fsp3) is 0.593. The number of aliphatic hydroxyl groups excluding tert-OH is 6. The zero-order valence-corrected chi connectivity index (χ0v) is 45.4. The fourth-order valence-electron chi connectivity index (χ4n) is 11.5. The second kappa shape index (κ2) is 25.0. The number of rotatable bonds is 19. The van der Waals surface area contributed by atoms with Crippen LogP contribution in [0.3, 0.4) is 0 Å². The summed E-state index contributed by atoms with van der Waals surface area (Å²) in [6, 6.07) is 16.0. The topological polar surface area (TPSA) is 437 Å². The highest BCUT2D eigenvalue weighted by atomic mass is 16.8. The highest BCUT2D eigenvalue weighted by molar-refractivity contribution is 5.87. The van der Waals surface area contributed by atoms with E-state index in [0.29, 0.717) is 30.9 Å². The maximum atomic E-state index is 11.9. The Morgan fingerprint density at radius 2 is 1.20 bits per heavy atom. The predicted octanol–water partition coefficient (Wildman–Crippen LogP) is -3.36. The molecule has 20 N–H and O–H groups in total. The van der Waals surface area contributed by atoms with E-state index < -0.39 is 116 Å². The third kappa shape index (κ3) is 12.2. The van der Waals surface area contributed by atoms with Crippen molar-refractivity contribution in [3.8, 4) is 28.5 Å². The molecule has 0 amide bonds. The minimum Gasteiger partial charge on any atom is -0.494 e. The lowest BCUT2D eigenvalue weighted by molar-refractivity contribution is -0.306. The molecule has 446 valence electrons. The van der Waals surface area contributed by atoms with E-state index in [1.54, 1.807) is 6.20 Å². The minimum absolute atomic E-state index is 0.0469. The van der Waals surface area contributed by atoms with Gasteiger partial charge in [0, 0.05) is 74.4 Å². The van der Waals surface area contributed by atoms with Crippen LogP contribution in [0.4, 0.5) is 5.69 Å². The number of hydrogen-bond donors (Lipinski definition) is 14. The quantitative estimate of drug-likeness (QED) is 0.0352. The molecule has 0 spiro atoms. The number of imidazole rings is 2. The van der Waals surface area contributed by atoms with Crippen LogP contribution in [0.2, 0.25) is 0 Å². The van der Waals surface area contributed by atoms with Crippen molar-refractivity contribution in [2.24, 2.45) is 34.4 Å². The molecule has 6 aromatic rings. The molecule has 7 unspecified atom stereocenters. The molecule has 0 radical (unpaired) electrons. The van der Waals surface area contributed by atoms with Gasteiger partial charge >= 0.3 is 0 Å². The molecule has 19 atom stereocenters. The second-order valence-corrected chi connectivity index (χ2v) is 22.2. The molecule has 5 fully saturated rings. The van der Waals surface area contributed by atoms with Gasteiger partial charge in [0.1, 0.15) is 84.5 Å². The van der Waals surface area contributed by atoms with E-state index >= 15 is 0 Å². The van der Waals surface area contributed by atoms with Crippen LogP contribution in [0.25, 0.3) is 44.8 Å². The number of aromatic nitrogens is 7. The number of hydrogen-bond acceptors (Lipinski definition) is 25. The van der Waals surface area contributed by atoms with Crippen LogP contribution in [-0.2, 0) is 41.4 Å². The van der Waals surface area contributed by atoms with Gasteiger partial charge < -0.3 is 118 Å². The SMILES string of the molecule is CN1CCN(c2ccc3nc(-c4ccc5nc(-c6ccc(OCCCCc7cn(C[C@H]8O[C@@H](O[C@@H]9C(O)[C@H](N)CC(N)[C@H]9O[C@@H]9OC(CN)[C@@H](O)[C@H](O)C9N)C(O)[C@H]8O[C@H]8O[C@@H](CN)[C@@H](O)C(O)C8N)nn7)cc6)[nH]c5c4)[nH]c3c2)CC1. The van der Waals surface area contributed by atoms with Crippen LogP contribution in [0.15, 0.2) is 66.9 Å². The number of nitrogens with zero attached hydrogens (tertiary/aromatic N) is 7. The summed E-state index contributed by atoms with van der Waals surface area (Å²) in [5, 5.41) is 74.6. The van der Waals surface area contributed by atoms with Gasteiger partial charge in [0.25, 0.3) is 0 Å². The zero-order chi connectivity index (χ0) is 57.5. The number of nitrogens with one attached hydrogen (secondary N) is 2. The molecule has 0 bridgehead atoms. The van der Waals surface area contributed by atoms with Gasteiger partial charge in [0.15, 0.2) is 18.9 Å². The fourth-order valence-corrected chi connectivity index (χ4v) is 11.5. The minimum atomic E-state index is -1.62. The number of piperazine rings is 1. The van der Waals surface area contributed by atoms with Crippen molar-refractivity contribution in [2.75, 3.05) is 57.8 Å². The molecular weight excluding hydrogens is 1070 g/mol. The molecule has 7 heterocycles. The van der Waals surface area contributed by atoms with Crippen LogP contribution in [0.1, 0.15) is 25.0 Å². The Hall–Kier alpha value is -5.42. The van der Waals surface area contributed by atoms with Gasteiger partial charge in [0.05, 0.1) is 59.1 Å². The van der Waals surface area contributed by atoms with Gasteiger partial charge in [-0.25, -0.2) is 14.6 Å². The van der Waals surface area contributed by atoms with Gasteiger partial charge in [-0.05, 0) is 93.4 Å². The highest BCUT2D eigenvalue weighted by Crippen LogP contribution is 2.36. The van der Waals surface area contributed by atoms with Gasteiger partial charge in [-0.3, -0.25) is 0 Å². The van der Waals surface area contributed by atoms with E-state index in [0.717, 1.165) is 77.4 Å². The predicted molar refractivity (Wildman–Crippen MR) is 296 cm³/mol. The largest absolute Gasteiger partial charge is 0.494 e. The Bertz CT molecular complexity index is 3050. The number of benzene rings is 3. The van der Waals surface area contributed by atoms with Crippen molar-refractivity contribution in [3.05, 3.63) is 72.6 Å². The summed E-state index contributed by atoms with van der Waals surface area (Å²) >= 11 is 0. The number of H-pyrrole nitrogens is 2. The van der Waals surface area contributed by atoms with Crippen LogP contribution in [0.5, 0.6) is 5.75 Å². The zero-order valence-electron chi connectivity index (χ0n) is 45.4. The third-order valence-electron chi connectivity index (χ3n) is 16.5. The average Bonchev–Trinajstić information content (AvgIpc) is 4.47. The number of aryl methyl sites for hydroxylation is 1. The average molecular weight is 1140 g/mol. The van der Waals surface area contributed by atoms with Crippen molar-refractivity contribution in [2.45, 2.75) is 149 Å².